The van der Waals surface area contributed by atoms with Gasteiger partial charge in [-0.15, -0.1) is 10.2 Å². The predicted molar refractivity (Wildman–Crippen MR) is 84.6 cm³/mol. The first-order valence-electron chi connectivity index (χ1n) is 5.59. The van der Waals surface area contributed by atoms with E-state index in [0.29, 0.717) is 10.2 Å². The molecule has 0 aliphatic rings. The molecule has 0 bridgehead atoms. The minimum absolute atomic E-state index is 0.0268. The van der Waals surface area contributed by atoms with Crippen LogP contribution in [0.5, 0.6) is 0 Å². The van der Waals surface area contributed by atoms with Crippen LogP contribution in [-0.2, 0) is 0 Å². The number of rotatable bonds is 2. The summed E-state index contributed by atoms with van der Waals surface area (Å²) >= 11 is 18.8. The number of benzene rings is 1. The topological polar surface area (TPSA) is 67.8 Å². The predicted octanol–water partition coefficient (Wildman–Crippen LogP) is 4.30. The third-order valence-electron chi connectivity index (χ3n) is 2.53. The van der Waals surface area contributed by atoms with E-state index < -0.39 is 5.91 Å². The normalized spacial score (nSPS) is 10.8. The van der Waals surface area contributed by atoms with Crippen LogP contribution in [0.2, 0.25) is 15.3 Å². The van der Waals surface area contributed by atoms with Crippen molar-refractivity contribution in [2.45, 2.75) is 0 Å². The Balaban J connectivity index is 1.90. The maximum atomic E-state index is 12.1. The van der Waals surface area contributed by atoms with Gasteiger partial charge in [-0.3, -0.25) is 10.1 Å². The Hall–Kier alpha value is -1.47. The maximum Gasteiger partial charge on any atom is 0.260 e. The molecule has 1 aromatic carbocycles. The molecule has 2 heterocycles. The van der Waals surface area contributed by atoms with E-state index >= 15 is 0 Å². The van der Waals surface area contributed by atoms with Gasteiger partial charge in [-0.1, -0.05) is 46.1 Å². The molecule has 2 aromatic heterocycles. The van der Waals surface area contributed by atoms with Gasteiger partial charge < -0.3 is 0 Å². The fraction of sp³-hybridized carbons (Fsp3) is 0. The first kappa shape index (κ1) is 14.5. The molecule has 1 amide bonds. The number of amides is 1. The van der Waals surface area contributed by atoms with Crippen LogP contribution in [-0.4, -0.2) is 21.1 Å². The molecule has 0 radical (unpaired) electrons. The number of fused-ring (bicyclic) bond motifs is 1. The molecule has 21 heavy (non-hydrogen) atoms. The first-order valence-corrected chi connectivity index (χ1v) is 7.54. The zero-order valence-electron chi connectivity index (χ0n) is 10.1. The van der Waals surface area contributed by atoms with Crippen molar-refractivity contribution >= 4 is 67.4 Å². The van der Waals surface area contributed by atoms with E-state index in [4.69, 9.17) is 34.8 Å². The average Bonchev–Trinajstić information content (AvgIpc) is 2.82. The van der Waals surface area contributed by atoms with Gasteiger partial charge in [-0.05, 0) is 24.3 Å². The van der Waals surface area contributed by atoms with Gasteiger partial charge >= 0.3 is 0 Å². The van der Waals surface area contributed by atoms with Gasteiger partial charge in [0.1, 0.15) is 0 Å². The smallest absolute Gasteiger partial charge is 0.260 e. The van der Waals surface area contributed by atoms with Crippen LogP contribution in [0.15, 0.2) is 24.3 Å². The summed E-state index contributed by atoms with van der Waals surface area (Å²) in [7, 11) is 0. The van der Waals surface area contributed by atoms with E-state index in [-0.39, 0.29) is 15.9 Å². The lowest BCUT2D eigenvalue weighted by Gasteiger charge is -2.02. The van der Waals surface area contributed by atoms with E-state index in [1.807, 2.05) is 0 Å². The molecule has 0 saturated heterocycles. The highest BCUT2D eigenvalue weighted by atomic mass is 35.5. The number of carbonyl (C=O) groups is 1. The Kier molecular flexibility index (Phi) is 3.95. The van der Waals surface area contributed by atoms with Crippen LogP contribution < -0.4 is 5.32 Å². The van der Waals surface area contributed by atoms with Crippen molar-refractivity contribution < 1.29 is 4.79 Å². The van der Waals surface area contributed by atoms with Crippen molar-refractivity contribution in [2.75, 3.05) is 5.32 Å². The molecular weight excluding hydrogens is 355 g/mol. The van der Waals surface area contributed by atoms with Crippen LogP contribution in [0.4, 0.5) is 5.13 Å². The Morgan fingerprint density at radius 2 is 1.95 bits per heavy atom. The zero-order chi connectivity index (χ0) is 15.0. The quantitative estimate of drug-likeness (QED) is 0.741. The highest BCUT2D eigenvalue weighted by Gasteiger charge is 2.15. The number of carbonyl (C=O) groups excluding carboxylic acids is 1. The van der Waals surface area contributed by atoms with Gasteiger partial charge in [0.05, 0.1) is 15.8 Å². The van der Waals surface area contributed by atoms with Crippen molar-refractivity contribution in [2.24, 2.45) is 0 Å². The van der Waals surface area contributed by atoms with Crippen molar-refractivity contribution in [1.29, 1.82) is 0 Å². The van der Waals surface area contributed by atoms with Gasteiger partial charge in [-0.25, -0.2) is 4.98 Å². The van der Waals surface area contributed by atoms with Crippen molar-refractivity contribution in [3.05, 3.63) is 45.2 Å². The van der Waals surface area contributed by atoms with Crippen LogP contribution in [0.3, 0.4) is 0 Å². The molecule has 1 N–H and O–H groups in total. The summed E-state index contributed by atoms with van der Waals surface area (Å²) in [6, 6.07) is 6.64. The summed E-state index contributed by atoms with van der Waals surface area (Å²) in [5, 5.41) is 10.9. The molecule has 3 rings (SSSR count). The third-order valence-corrected chi connectivity index (χ3v) is 4.17. The van der Waals surface area contributed by atoms with Gasteiger partial charge in [0.15, 0.2) is 15.4 Å². The Bertz CT molecular complexity index is 852. The van der Waals surface area contributed by atoms with E-state index in [9.17, 15) is 4.79 Å². The maximum absolute atomic E-state index is 12.1. The lowest BCUT2D eigenvalue weighted by Crippen LogP contribution is -2.13. The van der Waals surface area contributed by atoms with Gasteiger partial charge in [-0.2, -0.15) is 0 Å². The number of hydrogen-bond donors (Lipinski definition) is 1. The molecule has 0 aliphatic heterocycles. The van der Waals surface area contributed by atoms with Gasteiger partial charge in [0.25, 0.3) is 5.91 Å². The van der Waals surface area contributed by atoms with Crippen LogP contribution in [0.1, 0.15) is 10.4 Å². The Morgan fingerprint density at radius 3 is 2.76 bits per heavy atom. The molecule has 5 nitrogen and oxygen atoms in total. The lowest BCUT2D eigenvalue weighted by atomic mass is 10.3. The number of thiazole rings is 1. The number of halogens is 3. The van der Waals surface area contributed by atoms with E-state index in [1.54, 1.807) is 18.2 Å². The molecular formula is C12H5Cl3N4OS. The van der Waals surface area contributed by atoms with Gasteiger partial charge in [0.2, 0.25) is 0 Å². The van der Waals surface area contributed by atoms with Gasteiger partial charge in [0, 0.05) is 5.02 Å². The highest BCUT2D eigenvalue weighted by Crippen LogP contribution is 2.29. The van der Waals surface area contributed by atoms with Crippen molar-refractivity contribution in [3.8, 4) is 0 Å². The molecule has 0 aliphatic carbocycles. The monoisotopic (exact) mass is 358 g/mol. The number of aromatic nitrogens is 3. The van der Waals surface area contributed by atoms with E-state index in [0.717, 1.165) is 10.2 Å². The minimum atomic E-state index is -0.457. The Labute approximate surface area is 137 Å². The summed E-state index contributed by atoms with van der Waals surface area (Å²) < 4.78 is 0.870. The first-order chi connectivity index (χ1) is 10.0. The van der Waals surface area contributed by atoms with Crippen molar-refractivity contribution in [3.63, 3.8) is 0 Å². The molecule has 0 spiro atoms. The molecule has 0 saturated carbocycles. The van der Waals surface area contributed by atoms with Crippen LogP contribution in [0, 0.1) is 0 Å². The molecule has 0 fully saturated rings. The molecule has 106 valence electrons. The zero-order valence-corrected chi connectivity index (χ0v) is 13.2. The van der Waals surface area contributed by atoms with Crippen LogP contribution >= 0.6 is 46.1 Å². The second-order valence-electron chi connectivity index (χ2n) is 3.96. The van der Waals surface area contributed by atoms with Crippen LogP contribution in [0.25, 0.3) is 10.2 Å². The second kappa shape index (κ2) is 5.73. The summed E-state index contributed by atoms with van der Waals surface area (Å²) in [6.45, 7) is 0. The van der Waals surface area contributed by atoms with Crippen molar-refractivity contribution in [1.82, 2.24) is 15.2 Å². The van der Waals surface area contributed by atoms with E-state index in [1.165, 1.54) is 17.4 Å². The number of nitrogens with zero attached hydrogens (tertiary/aromatic N) is 3. The van der Waals surface area contributed by atoms with E-state index in [2.05, 4.69) is 20.5 Å². The summed E-state index contributed by atoms with van der Waals surface area (Å²) in [5.74, 6) is -0.457. The SMILES string of the molecule is O=C(Nc1nc2ccc(Cl)cc2s1)c1cc(Cl)nnc1Cl. The molecule has 0 unspecified atom stereocenters. The number of hydrogen-bond acceptors (Lipinski definition) is 5. The average molecular weight is 360 g/mol. The summed E-state index contributed by atoms with van der Waals surface area (Å²) in [6.07, 6.45) is 0. The molecule has 0 atom stereocenters. The lowest BCUT2D eigenvalue weighted by molar-refractivity contribution is 0.102. The molecule has 3 aromatic rings. The minimum Gasteiger partial charge on any atom is -0.298 e. The summed E-state index contributed by atoms with van der Waals surface area (Å²) in [4.78, 5) is 16.4. The standard InChI is InChI=1S/C12H5Cl3N4OS/c13-5-1-2-7-8(3-5)21-12(16-7)17-11(20)6-4-9(14)18-19-10(6)15/h1-4H,(H,16,17,20). The third kappa shape index (κ3) is 3.08. The summed E-state index contributed by atoms with van der Waals surface area (Å²) in [5.41, 5.74) is 0.880. The largest absolute Gasteiger partial charge is 0.298 e. The number of anilines is 1. The fourth-order valence-electron chi connectivity index (χ4n) is 1.63. The molecule has 9 heteroatoms. The Morgan fingerprint density at radius 1 is 1.14 bits per heavy atom. The number of nitrogens with one attached hydrogen (secondary N) is 1. The second-order valence-corrected chi connectivity index (χ2v) is 6.17. The fourth-order valence-corrected chi connectivity index (χ4v) is 3.09. The highest BCUT2D eigenvalue weighted by molar-refractivity contribution is 7.22.